The normalized spacial score (nSPS) is 14.4. The topological polar surface area (TPSA) is 26.0 Å². The minimum Gasteiger partial charge on any atom is -0.402 e. The fraction of sp³-hybridized carbons (Fsp3) is 0.400. The van der Waals surface area contributed by atoms with Crippen LogP contribution in [0.15, 0.2) is 35.1 Å². The van der Waals surface area contributed by atoms with Gasteiger partial charge in [-0.2, -0.15) is 0 Å². The summed E-state index contributed by atoms with van der Waals surface area (Å²) in [6.45, 7) is 11.8. The summed E-state index contributed by atoms with van der Waals surface area (Å²) in [5.74, 6) is 0. The molecule has 11 heavy (non-hydrogen) atoms. The Kier molecular flexibility index (Phi) is 3.66. The predicted molar refractivity (Wildman–Crippen MR) is 51.1 cm³/mol. The molecule has 0 aliphatic heterocycles. The molecule has 0 spiro atoms. The minimum atomic E-state index is 0.862. The van der Waals surface area contributed by atoms with Crippen molar-refractivity contribution in [3.63, 3.8) is 0 Å². The molecule has 0 aromatic heterocycles. The lowest BCUT2D eigenvalue weighted by atomic mass is 10.0. The van der Waals surface area contributed by atoms with Crippen molar-refractivity contribution >= 4 is 0 Å². The van der Waals surface area contributed by atoms with E-state index in [4.69, 9.17) is 5.73 Å². The SMILES string of the molecule is C=C(C)C(=C/C)/C(C)=C(/C)N. The molecule has 2 N–H and O–H groups in total. The van der Waals surface area contributed by atoms with Gasteiger partial charge in [-0.25, -0.2) is 0 Å². The van der Waals surface area contributed by atoms with Crippen LogP contribution in [-0.4, -0.2) is 0 Å². The molecule has 0 aromatic rings. The van der Waals surface area contributed by atoms with Crippen LogP contribution in [0.2, 0.25) is 0 Å². The van der Waals surface area contributed by atoms with Gasteiger partial charge in [-0.05, 0) is 38.8 Å². The third kappa shape index (κ3) is 2.62. The molecule has 0 aromatic carbocycles. The lowest BCUT2D eigenvalue weighted by Gasteiger charge is -2.08. The third-order valence-corrected chi connectivity index (χ3v) is 1.74. The molecule has 0 atom stereocenters. The molecule has 0 aliphatic carbocycles. The maximum absolute atomic E-state index is 5.65. The van der Waals surface area contributed by atoms with Crippen molar-refractivity contribution in [3.8, 4) is 0 Å². The first-order valence-corrected chi connectivity index (χ1v) is 3.76. The summed E-state index contributed by atoms with van der Waals surface area (Å²) < 4.78 is 0. The van der Waals surface area contributed by atoms with Crippen molar-refractivity contribution in [1.29, 1.82) is 0 Å². The Morgan fingerprint density at radius 3 is 1.82 bits per heavy atom. The monoisotopic (exact) mass is 151 g/mol. The molecule has 0 saturated carbocycles. The standard InChI is InChI=1S/C10H17N/c1-6-10(7(2)3)8(4)9(5)11/h6H,2,11H2,1,3-5H3/b9-8-,10-6-. The van der Waals surface area contributed by atoms with Gasteiger partial charge in [0, 0.05) is 5.70 Å². The van der Waals surface area contributed by atoms with E-state index in [9.17, 15) is 0 Å². The summed E-state index contributed by atoms with van der Waals surface area (Å²) in [4.78, 5) is 0. The zero-order valence-corrected chi connectivity index (χ0v) is 7.86. The van der Waals surface area contributed by atoms with E-state index in [1.165, 1.54) is 0 Å². The molecule has 1 nitrogen and oxygen atoms in total. The zero-order valence-electron chi connectivity index (χ0n) is 7.86. The summed E-state index contributed by atoms with van der Waals surface area (Å²) in [7, 11) is 0. The van der Waals surface area contributed by atoms with E-state index in [0.29, 0.717) is 0 Å². The summed E-state index contributed by atoms with van der Waals surface area (Å²) >= 11 is 0. The Morgan fingerprint density at radius 2 is 1.73 bits per heavy atom. The molecule has 62 valence electrons. The molecule has 0 amide bonds. The summed E-state index contributed by atoms with van der Waals surface area (Å²) in [5.41, 5.74) is 9.86. The quantitative estimate of drug-likeness (QED) is 0.603. The lowest BCUT2D eigenvalue weighted by Crippen LogP contribution is -1.98. The van der Waals surface area contributed by atoms with E-state index in [1.54, 1.807) is 0 Å². The van der Waals surface area contributed by atoms with Gasteiger partial charge in [-0.1, -0.05) is 18.2 Å². The number of allylic oxidation sites excluding steroid dienone is 5. The van der Waals surface area contributed by atoms with Crippen molar-refractivity contribution in [1.82, 2.24) is 0 Å². The summed E-state index contributed by atoms with van der Waals surface area (Å²) in [6, 6.07) is 0. The molecular formula is C10H17N. The largest absolute Gasteiger partial charge is 0.402 e. The van der Waals surface area contributed by atoms with Crippen LogP contribution in [0.3, 0.4) is 0 Å². The smallest absolute Gasteiger partial charge is 0.00845 e. The lowest BCUT2D eigenvalue weighted by molar-refractivity contribution is 1.19. The maximum Gasteiger partial charge on any atom is 0.00845 e. The van der Waals surface area contributed by atoms with Gasteiger partial charge in [0.1, 0.15) is 0 Å². The Hall–Kier alpha value is -0.980. The van der Waals surface area contributed by atoms with Crippen LogP contribution < -0.4 is 5.73 Å². The van der Waals surface area contributed by atoms with E-state index in [2.05, 4.69) is 6.58 Å². The van der Waals surface area contributed by atoms with Gasteiger partial charge in [0.25, 0.3) is 0 Å². The molecule has 0 fully saturated rings. The van der Waals surface area contributed by atoms with Gasteiger partial charge < -0.3 is 5.73 Å². The molecule has 0 rings (SSSR count). The molecular weight excluding hydrogens is 134 g/mol. The fourth-order valence-corrected chi connectivity index (χ4v) is 0.995. The number of rotatable bonds is 2. The molecule has 0 radical (unpaired) electrons. The van der Waals surface area contributed by atoms with Crippen LogP contribution in [0.25, 0.3) is 0 Å². The van der Waals surface area contributed by atoms with E-state index in [0.717, 1.165) is 22.4 Å². The van der Waals surface area contributed by atoms with Crippen molar-refractivity contribution in [2.45, 2.75) is 27.7 Å². The second-order valence-corrected chi connectivity index (χ2v) is 2.79. The van der Waals surface area contributed by atoms with Crippen LogP contribution in [-0.2, 0) is 0 Å². The van der Waals surface area contributed by atoms with Gasteiger partial charge in [-0.15, -0.1) is 0 Å². The van der Waals surface area contributed by atoms with Crippen molar-refractivity contribution in [2.75, 3.05) is 0 Å². The molecule has 0 aliphatic rings. The minimum absolute atomic E-state index is 0.862. The van der Waals surface area contributed by atoms with E-state index < -0.39 is 0 Å². The van der Waals surface area contributed by atoms with Gasteiger partial charge >= 0.3 is 0 Å². The summed E-state index contributed by atoms with van der Waals surface area (Å²) in [6.07, 6.45) is 2.04. The van der Waals surface area contributed by atoms with E-state index in [-0.39, 0.29) is 0 Å². The highest BCUT2D eigenvalue weighted by molar-refractivity contribution is 5.44. The first-order valence-electron chi connectivity index (χ1n) is 3.76. The van der Waals surface area contributed by atoms with Gasteiger partial charge in [0.15, 0.2) is 0 Å². The molecule has 0 bridgehead atoms. The average Bonchev–Trinajstić information content (AvgIpc) is 1.88. The fourth-order valence-electron chi connectivity index (χ4n) is 0.995. The number of hydrogen-bond donors (Lipinski definition) is 1. The Morgan fingerprint density at radius 1 is 1.27 bits per heavy atom. The van der Waals surface area contributed by atoms with Gasteiger partial charge in [0.2, 0.25) is 0 Å². The van der Waals surface area contributed by atoms with Crippen molar-refractivity contribution in [2.24, 2.45) is 5.73 Å². The Bertz CT molecular complexity index is 215. The zero-order chi connectivity index (χ0) is 9.02. The van der Waals surface area contributed by atoms with Crippen LogP contribution in [0.4, 0.5) is 0 Å². The maximum atomic E-state index is 5.65. The molecule has 0 unspecified atom stereocenters. The molecule has 0 saturated heterocycles. The average molecular weight is 151 g/mol. The first-order chi connectivity index (χ1) is 5.00. The second kappa shape index (κ2) is 4.02. The third-order valence-electron chi connectivity index (χ3n) is 1.74. The van der Waals surface area contributed by atoms with Gasteiger partial charge in [0.05, 0.1) is 0 Å². The highest BCUT2D eigenvalue weighted by atomic mass is 14.6. The van der Waals surface area contributed by atoms with Crippen molar-refractivity contribution < 1.29 is 0 Å². The number of hydrogen-bond acceptors (Lipinski definition) is 1. The second-order valence-electron chi connectivity index (χ2n) is 2.79. The highest BCUT2D eigenvalue weighted by Crippen LogP contribution is 2.18. The molecule has 1 heteroatoms. The van der Waals surface area contributed by atoms with Crippen LogP contribution in [0.1, 0.15) is 27.7 Å². The predicted octanol–water partition coefficient (Wildman–Crippen LogP) is 2.76. The van der Waals surface area contributed by atoms with E-state index in [1.807, 2.05) is 33.8 Å². The van der Waals surface area contributed by atoms with Crippen molar-refractivity contribution in [3.05, 3.63) is 35.1 Å². The van der Waals surface area contributed by atoms with Crippen LogP contribution >= 0.6 is 0 Å². The van der Waals surface area contributed by atoms with E-state index >= 15 is 0 Å². The summed E-state index contributed by atoms with van der Waals surface area (Å²) in [5, 5.41) is 0. The van der Waals surface area contributed by atoms with Crippen LogP contribution in [0, 0.1) is 0 Å². The Balaban J connectivity index is 4.85. The van der Waals surface area contributed by atoms with Gasteiger partial charge in [-0.3, -0.25) is 0 Å². The highest BCUT2D eigenvalue weighted by Gasteiger charge is 2.00. The molecule has 0 heterocycles. The first kappa shape index (κ1) is 10.0. The number of nitrogens with two attached hydrogens (primary N) is 1. The van der Waals surface area contributed by atoms with Crippen LogP contribution in [0.5, 0.6) is 0 Å². The Labute approximate surface area is 69.3 Å².